The van der Waals surface area contributed by atoms with Crippen LogP contribution in [0.1, 0.15) is 141 Å². The van der Waals surface area contributed by atoms with E-state index < -0.39 is 0 Å². The van der Waals surface area contributed by atoms with Crippen molar-refractivity contribution in [1.29, 1.82) is 0 Å². The number of unbranched alkanes of at least 4 members (excludes halogenated alkanes) is 16. The molecule has 2 heteroatoms. The van der Waals surface area contributed by atoms with E-state index in [0.29, 0.717) is 0 Å². The third kappa shape index (κ3) is 16.3. The number of hydrogen-bond donors (Lipinski definition) is 0. The molecular weight excluding hydrogens is 633 g/mol. The molecule has 0 aliphatic heterocycles. The van der Waals surface area contributed by atoms with Crippen LogP contribution in [0.5, 0.6) is 11.5 Å². The minimum atomic E-state index is 0.793. The van der Waals surface area contributed by atoms with Crippen molar-refractivity contribution >= 4 is 0 Å². The van der Waals surface area contributed by atoms with Gasteiger partial charge in [-0.15, -0.1) is 0 Å². The van der Waals surface area contributed by atoms with Crippen LogP contribution in [0.3, 0.4) is 0 Å². The Hall–Kier alpha value is -4.40. The minimum Gasteiger partial charge on any atom is -0.494 e. The topological polar surface area (TPSA) is 18.5 Å². The second-order valence-electron chi connectivity index (χ2n) is 14.1. The molecule has 0 radical (unpaired) electrons. The molecule has 274 valence electrons. The maximum absolute atomic E-state index is 5.99. The molecule has 52 heavy (non-hydrogen) atoms. The second-order valence-corrected chi connectivity index (χ2v) is 14.1. The van der Waals surface area contributed by atoms with Crippen LogP contribution in [0.4, 0.5) is 0 Å². The summed E-state index contributed by atoms with van der Waals surface area (Å²) in [7, 11) is 0. The van der Waals surface area contributed by atoms with Crippen molar-refractivity contribution in [3.63, 3.8) is 0 Å². The molecule has 2 nitrogen and oxygen atoms in total. The molecule has 0 spiro atoms. The standard InChI is InChI=1S/C50H62O2/c1-3-5-7-9-11-13-15-17-21-41-51-49-37-33-47(34-38-49)45-29-25-43(26-30-45)23-19-20-24-44-27-31-46(32-28-44)48-35-39-50(40-36-48)52-42-22-18-16-14-12-10-8-6-4-2/h25-40H,3-18,21-22,41-42H2,1-2H3. The van der Waals surface area contributed by atoms with E-state index in [9.17, 15) is 0 Å². The minimum absolute atomic E-state index is 0.793. The summed E-state index contributed by atoms with van der Waals surface area (Å²) in [6.07, 6.45) is 23.9. The predicted molar refractivity (Wildman–Crippen MR) is 223 cm³/mol. The Kier molecular flexibility index (Phi) is 19.8. The van der Waals surface area contributed by atoms with E-state index in [-0.39, 0.29) is 0 Å². The molecule has 4 aromatic carbocycles. The van der Waals surface area contributed by atoms with Crippen molar-refractivity contribution in [2.45, 2.75) is 129 Å². The van der Waals surface area contributed by atoms with Crippen LogP contribution in [0.2, 0.25) is 0 Å². The smallest absolute Gasteiger partial charge is 0.119 e. The van der Waals surface area contributed by atoms with Crippen molar-refractivity contribution in [2.24, 2.45) is 0 Å². The molecule has 0 aliphatic rings. The Morgan fingerprint density at radius 3 is 0.904 bits per heavy atom. The molecule has 0 aliphatic carbocycles. The van der Waals surface area contributed by atoms with Crippen molar-refractivity contribution in [3.8, 4) is 57.4 Å². The quantitative estimate of drug-likeness (QED) is 0.0537. The Bertz CT molecular complexity index is 1500. The predicted octanol–water partition coefficient (Wildman–Crippen LogP) is 14.2. The third-order valence-corrected chi connectivity index (χ3v) is 9.65. The van der Waals surface area contributed by atoms with Crippen LogP contribution in [-0.2, 0) is 0 Å². The number of rotatable bonds is 24. The first-order valence-corrected chi connectivity index (χ1v) is 20.4. The van der Waals surface area contributed by atoms with Gasteiger partial charge in [-0.3, -0.25) is 0 Å². The maximum Gasteiger partial charge on any atom is 0.119 e. The lowest BCUT2D eigenvalue weighted by molar-refractivity contribution is 0.304. The molecule has 0 unspecified atom stereocenters. The summed E-state index contributed by atoms with van der Waals surface area (Å²) in [5.41, 5.74) is 6.58. The fraction of sp³-hybridized carbons (Fsp3) is 0.440. The molecule has 0 saturated heterocycles. The fourth-order valence-electron chi connectivity index (χ4n) is 6.39. The molecule has 4 aromatic rings. The Morgan fingerprint density at radius 2 is 0.596 bits per heavy atom. The molecule has 0 aromatic heterocycles. The van der Waals surface area contributed by atoms with Gasteiger partial charge < -0.3 is 9.47 Å². The first-order chi connectivity index (χ1) is 25.7. The van der Waals surface area contributed by atoms with Gasteiger partial charge in [-0.2, -0.15) is 0 Å². The highest BCUT2D eigenvalue weighted by Gasteiger charge is 2.02. The number of ether oxygens (including phenoxy) is 2. The fourth-order valence-corrected chi connectivity index (χ4v) is 6.39. The van der Waals surface area contributed by atoms with Crippen molar-refractivity contribution in [2.75, 3.05) is 13.2 Å². The maximum atomic E-state index is 5.99. The molecule has 0 bridgehead atoms. The summed E-state index contributed by atoms with van der Waals surface area (Å²) in [6, 6.07) is 33.5. The van der Waals surface area contributed by atoms with E-state index in [1.807, 2.05) is 0 Å². The summed E-state index contributed by atoms with van der Waals surface area (Å²) in [6.45, 7) is 6.13. The molecule has 0 saturated carbocycles. The highest BCUT2D eigenvalue weighted by atomic mass is 16.5. The van der Waals surface area contributed by atoms with Crippen LogP contribution in [0, 0.1) is 23.7 Å². The Balaban J connectivity index is 1.12. The van der Waals surface area contributed by atoms with Crippen molar-refractivity contribution in [3.05, 3.63) is 108 Å². The summed E-state index contributed by atoms with van der Waals surface area (Å²) < 4.78 is 12.0. The van der Waals surface area contributed by atoms with E-state index in [2.05, 4.69) is 135 Å². The second kappa shape index (κ2) is 25.5. The van der Waals surface area contributed by atoms with Gasteiger partial charge in [0.15, 0.2) is 0 Å². The lowest BCUT2D eigenvalue weighted by atomic mass is 10.0. The average molecular weight is 695 g/mol. The van der Waals surface area contributed by atoms with E-state index in [1.54, 1.807) is 0 Å². The summed E-state index contributed by atoms with van der Waals surface area (Å²) in [5, 5.41) is 0. The SMILES string of the molecule is CCCCCCCCCCCOc1ccc(-c2ccc(C#CC#Cc3ccc(-c4ccc(OCCCCCCCCCCC)cc4)cc3)cc2)cc1. The first-order valence-electron chi connectivity index (χ1n) is 20.4. The van der Waals surface area contributed by atoms with Crippen LogP contribution in [-0.4, -0.2) is 13.2 Å². The normalized spacial score (nSPS) is 10.6. The van der Waals surface area contributed by atoms with Gasteiger partial charge in [-0.05, 0) is 95.5 Å². The zero-order valence-corrected chi connectivity index (χ0v) is 32.2. The zero-order chi connectivity index (χ0) is 36.3. The Morgan fingerprint density at radius 1 is 0.327 bits per heavy atom. The first kappa shape index (κ1) is 40.4. The van der Waals surface area contributed by atoms with Crippen LogP contribution in [0.15, 0.2) is 97.1 Å². The van der Waals surface area contributed by atoms with Gasteiger partial charge in [0.2, 0.25) is 0 Å². The highest BCUT2D eigenvalue weighted by molar-refractivity contribution is 5.66. The monoisotopic (exact) mass is 694 g/mol. The summed E-state index contributed by atoms with van der Waals surface area (Å²) in [5.74, 6) is 14.3. The van der Waals surface area contributed by atoms with Gasteiger partial charge in [0.1, 0.15) is 11.5 Å². The van der Waals surface area contributed by atoms with Gasteiger partial charge in [0, 0.05) is 11.1 Å². The van der Waals surface area contributed by atoms with Crippen LogP contribution in [0.25, 0.3) is 22.3 Å². The van der Waals surface area contributed by atoms with E-state index >= 15 is 0 Å². The van der Waals surface area contributed by atoms with E-state index in [1.165, 1.54) is 125 Å². The molecular formula is C50H62O2. The molecule has 0 atom stereocenters. The van der Waals surface area contributed by atoms with Crippen molar-refractivity contribution < 1.29 is 9.47 Å². The molecule has 0 fully saturated rings. The molecule has 0 amide bonds. The van der Waals surface area contributed by atoms with Crippen LogP contribution >= 0.6 is 0 Å². The average Bonchev–Trinajstić information content (AvgIpc) is 3.19. The third-order valence-electron chi connectivity index (χ3n) is 9.65. The van der Waals surface area contributed by atoms with Gasteiger partial charge in [-0.1, -0.05) is 177 Å². The van der Waals surface area contributed by atoms with E-state index in [4.69, 9.17) is 9.47 Å². The van der Waals surface area contributed by atoms with Crippen molar-refractivity contribution in [1.82, 2.24) is 0 Å². The summed E-state index contributed by atoms with van der Waals surface area (Å²) >= 11 is 0. The number of benzene rings is 4. The molecule has 4 rings (SSSR count). The van der Waals surface area contributed by atoms with Gasteiger partial charge in [-0.25, -0.2) is 0 Å². The van der Waals surface area contributed by atoms with Gasteiger partial charge >= 0.3 is 0 Å². The zero-order valence-electron chi connectivity index (χ0n) is 32.2. The lowest BCUT2D eigenvalue weighted by Gasteiger charge is -2.08. The van der Waals surface area contributed by atoms with E-state index in [0.717, 1.165) is 48.7 Å². The molecule has 0 N–H and O–H groups in total. The number of hydrogen-bond acceptors (Lipinski definition) is 2. The van der Waals surface area contributed by atoms with Gasteiger partial charge in [0.25, 0.3) is 0 Å². The summed E-state index contributed by atoms with van der Waals surface area (Å²) in [4.78, 5) is 0. The lowest BCUT2D eigenvalue weighted by Crippen LogP contribution is -1.97. The highest BCUT2D eigenvalue weighted by Crippen LogP contribution is 2.24. The molecule has 0 heterocycles. The largest absolute Gasteiger partial charge is 0.494 e. The van der Waals surface area contributed by atoms with Crippen LogP contribution < -0.4 is 9.47 Å². The van der Waals surface area contributed by atoms with Gasteiger partial charge in [0.05, 0.1) is 13.2 Å². The Labute approximate surface area is 316 Å².